The number of amides is 2. The summed E-state index contributed by atoms with van der Waals surface area (Å²) >= 11 is 6.80. The monoisotopic (exact) mass is 617 g/mol. The lowest BCUT2D eigenvalue weighted by molar-refractivity contribution is -0.137. The van der Waals surface area contributed by atoms with Gasteiger partial charge < -0.3 is 15.0 Å². The van der Waals surface area contributed by atoms with E-state index in [0.29, 0.717) is 0 Å². The lowest BCUT2D eigenvalue weighted by Crippen LogP contribution is -2.45. The topological polar surface area (TPSA) is 105 Å². The minimum absolute atomic E-state index is 0.0000795. The predicted octanol–water partition coefficient (Wildman–Crippen LogP) is 5.10. The average molecular weight is 618 g/mol. The Morgan fingerprint density at radius 1 is 1.15 bits per heavy atom. The largest absolute Gasteiger partial charge is 0.444 e. The smallest absolute Gasteiger partial charge is 0.417 e. The second-order valence-corrected chi connectivity index (χ2v) is 14.2. The number of aliphatic imine (C=N–C) groups is 1. The number of benzene rings is 2. The second-order valence-electron chi connectivity index (χ2n) is 10.5. The molecule has 2 aliphatic rings. The number of anilines is 1. The van der Waals surface area contributed by atoms with Crippen LogP contribution in [-0.2, 0) is 32.0 Å². The molecule has 2 heterocycles. The number of thioether (sulfide) groups is 1. The zero-order valence-electron chi connectivity index (χ0n) is 21.7. The molecule has 40 heavy (non-hydrogen) atoms. The van der Waals surface area contributed by atoms with Gasteiger partial charge in [-0.3, -0.25) is 4.79 Å². The van der Waals surface area contributed by atoms with Gasteiger partial charge in [0, 0.05) is 17.4 Å². The third kappa shape index (κ3) is 7.29. The molecule has 14 heteroatoms. The highest BCUT2D eigenvalue weighted by molar-refractivity contribution is 8.16. The number of nitrogens with one attached hydrogen (secondary N) is 1. The molecule has 2 amide bonds. The van der Waals surface area contributed by atoms with E-state index in [9.17, 15) is 31.2 Å². The van der Waals surface area contributed by atoms with Gasteiger partial charge in [-0.2, -0.15) is 18.2 Å². The number of sulfone groups is 1. The van der Waals surface area contributed by atoms with Crippen LogP contribution in [-0.4, -0.2) is 60.0 Å². The van der Waals surface area contributed by atoms with E-state index in [0.717, 1.165) is 29.5 Å². The second kappa shape index (κ2) is 11.2. The van der Waals surface area contributed by atoms with Gasteiger partial charge in [-0.25, -0.2) is 13.2 Å². The number of halogens is 4. The highest BCUT2D eigenvalue weighted by Crippen LogP contribution is 2.43. The van der Waals surface area contributed by atoms with E-state index in [2.05, 4.69) is 10.3 Å². The summed E-state index contributed by atoms with van der Waals surface area (Å²) in [4.78, 5) is 31.6. The van der Waals surface area contributed by atoms with Gasteiger partial charge in [0.15, 0.2) is 15.0 Å². The SMILES string of the molecule is CC(C)(C)OC(=O)N[C@H](Cc1ccccc1)C(=O)N=C1S[C@H]2CS(=O)(=O)C[C@@H]2N1c1ccc(Cl)c(C(F)(F)F)c1. The van der Waals surface area contributed by atoms with Gasteiger partial charge in [0.05, 0.1) is 28.1 Å². The Hall–Kier alpha value is -2.77. The van der Waals surface area contributed by atoms with Crippen LogP contribution in [0.3, 0.4) is 0 Å². The Labute approximate surface area is 239 Å². The summed E-state index contributed by atoms with van der Waals surface area (Å²) in [5, 5.41) is 1.51. The Morgan fingerprint density at radius 3 is 2.45 bits per heavy atom. The van der Waals surface area contributed by atoms with E-state index in [1.807, 2.05) is 0 Å². The van der Waals surface area contributed by atoms with Gasteiger partial charge in [0.1, 0.15) is 11.6 Å². The minimum atomic E-state index is -4.76. The Balaban J connectivity index is 1.71. The lowest BCUT2D eigenvalue weighted by atomic mass is 10.1. The lowest BCUT2D eigenvalue weighted by Gasteiger charge is -2.26. The fourth-order valence-electron chi connectivity index (χ4n) is 4.42. The normalized spacial score (nSPS) is 22.2. The van der Waals surface area contributed by atoms with Crippen LogP contribution in [0, 0.1) is 0 Å². The first-order chi connectivity index (χ1) is 18.5. The number of carbonyl (C=O) groups is 2. The van der Waals surface area contributed by atoms with Crippen LogP contribution in [0.15, 0.2) is 53.5 Å². The van der Waals surface area contributed by atoms with Crippen LogP contribution < -0.4 is 10.2 Å². The van der Waals surface area contributed by atoms with Crippen LogP contribution in [0.2, 0.25) is 5.02 Å². The molecule has 0 aliphatic carbocycles. The van der Waals surface area contributed by atoms with E-state index < -0.39 is 61.5 Å². The zero-order chi connectivity index (χ0) is 29.5. The molecule has 8 nitrogen and oxygen atoms in total. The highest BCUT2D eigenvalue weighted by Gasteiger charge is 2.50. The zero-order valence-corrected chi connectivity index (χ0v) is 24.1. The summed E-state index contributed by atoms with van der Waals surface area (Å²) in [6.45, 7) is 5.01. The summed E-state index contributed by atoms with van der Waals surface area (Å²) in [7, 11) is -3.46. The molecule has 0 unspecified atom stereocenters. The molecule has 0 aromatic heterocycles. The molecule has 216 valence electrons. The van der Waals surface area contributed by atoms with Crippen molar-refractivity contribution in [3.8, 4) is 0 Å². The third-order valence-corrected chi connectivity index (χ3v) is 9.62. The highest BCUT2D eigenvalue weighted by atomic mass is 35.5. The van der Waals surface area contributed by atoms with Gasteiger partial charge in [-0.15, -0.1) is 0 Å². The molecule has 3 atom stereocenters. The van der Waals surface area contributed by atoms with Crippen LogP contribution in [0.25, 0.3) is 0 Å². The van der Waals surface area contributed by atoms with Gasteiger partial charge in [-0.1, -0.05) is 53.7 Å². The number of fused-ring (bicyclic) bond motifs is 1. The van der Waals surface area contributed by atoms with Gasteiger partial charge in [-0.05, 0) is 44.5 Å². The van der Waals surface area contributed by atoms with Crippen LogP contribution >= 0.6 is 23.4 Å². The van der Waals surface area contributed by atoms with Crippen LogP contribution in [0.4, 0.5) is 23.7 Å². The van der Waals surface area contributed by atoms with Crippen LogP contribution in [0.1, 0.15) is 31.9 Å². The van der Waals surface area contributed by atoms with Crippen molar-refractivity contribution in [1.29, 1.82) is 0 Å². The molecule has 2 fully saturated rings. The molecular weight excluding hydrogens is 591 g/mol. The minimum Gasteiger partial charge on any atom is -0.444 e. The first-order valence-electron chi connectivity index (χ1n) is 12.2. The quantitative estimate of drug-likeness (QED) is 0.498. The van der Waals surface area contributed by atoms with Crippen molar-refractivity contribution >= 4 is 56.1 Å². The average Bonchev–Trinajstić information content (AvgIpc) is 3.28. The maximum atomic E-state index is 13.6. The number of hydrogen-bond acceptors (Lipinski definition) is 6. The number of amidine groups is 1. The maximum Gasteiger partial charge on any atom is 0.417 e. The number of carbonyl (C=O) groups excluding carboxylic acids is 2. The van der Waals surface area contributed by atoms with Crippen molar-refractivity contribution in [1.82, 2.24) is 5.32 Å². The molecule has 0 bridgehead atoms. The van der Waals surface area contributed by atoms with Crippen molar-refractivity contribution in [3.05, 3.63) is 64.7 Å². The molecule has 1 N–H and O–H groups in total. The molecule has 2 aliphatic heterocycles. The molecule has 0 saturated carbocycles. The molecule has 4 rings (SSSR count). The predicted molar refractivity (Wildman–Crippen MR) is 148 cm³/mol. The molecule has 2 aromatic carbocycles. The maximum absolute atomic E-state index is 13.6. The van der Waals surface area contributed by atoms with E-state index in [1.54, 1.807) is 51.1 Å². The van der Waals surface area contributed by atoms with Crippen molar-refractivity contribution in [3.63, 3.8) is 0 Å². The third-order valence-electron chi connectivity index (χ3n) is 6.08. The molecule has 0 radical (unpaired) electrons. The Bertz CT molecular complexity index is 1430. The standard InChI is InChI=1S/C26H27ClF3N3O5S2/c1-25(2,3)38-24(35)31-19(11-15-7-5-4-6-8-15)22(34)32-23-33(20-13-40(36,37)14-21(20)39-23)16-9-10-18(27)17(12-16)26(28,29)30/h4-10,12,19-21H,11,13-14H2,1-3H3,(H,31,35)/t19-,20+,21+/m1/s1. The van der Waals surface area contributed by atoms with Gasteiger partial charge in [0.25, 0.3) is 5.91 Å². The summed E-state index contributed by atoms with van der Waals surface area (Å²) in [5.74, 6) is -1.30. The van der Waals surface area contributed by atoms with E-state index >= 15 is 0 Å². The first-order valence-corrected chi connectivity index (χ1v) is 15.3. The molecule has 0 spiro atoms. The molecular formula is C26H27ClF3N3O5S2. The number of nitrogens with zero attached hydrogens (tertiary/aromatic N) is 2. The number of alkyl halides is 3. The first kappa shape index (κ1) is 30.2. The summed E-state index contributed by atoms with van der Waals surface area (Å²) in [5.41, 5.74) is -1.20. The summed E-state index contributed by atoms with van der Waals surface area (Å²) in [6, 6.07) is 10.2. The van der Waals surface area contributed by atoms with Crippen molar-refractivity contribution in [2.75, 3.05) is 16.4 Å². The number of ether oxygens (including phenoxy) is 1. The Kier molecular flexibility index (Phi) is 8.49. The van der Waals surface area contributed by atoms with Crippen molar-refractivity contribution in [2.45, 2.75) is 56.3 Å². The molecule has 2 aromatic rings. The van der Waals surface area contributed by atoms with Gasteiger partial charge >= 0.3 is 12.3 Å². The summed E-state index contributed by atoms with van der Waals surface area (Å²) in [6.07, 6.45) is -5.53. The summed E-state index contributed by atoms with van der Waals surface area (Å²) < 4.78 is 70.9. The van der Waals surface area contributed by atoms with Crippen LogP contribution in [0.5, 0.6) is 0 Å². The van der Waals surface area contributed by atoms with Gasteiger partial charge in [0.2, 0.25) is 0 Å². The van der Waals surface area contributed by atoms with E-state index in [1.165, 1.54) is 11.0 Å². The fourth-order valence-corrected chi connectivity index (χ4v) is 8.56. The van der Waals surface area contributed by atoms with Crippen molar-refractivity contribution < 1.29 is 35.9 Å². The number of hydrogen-bond donors (Lipinski definition) is 1. The van der Waals surface area contributed by atoms with Crippen molar-refractivity contribution in [2.24, 2.45) is 4.99 Å². The van der Waals surface area contributed by atoms with E-state index in [-0.39, 0.29) is 28.8 Å². The fraction of sp³-hybridized carbons (Fsp3) is 0.423. The van der Waals surface area contributed by atoms with E-state index in [4.69, 9.17) is 16.3 Å². The molecule has 2 saturated heterocycles. The number of rotatable bonds is 5. The number of alkyl carbamates (subject to hydrolysis) is 1. The Morgan fingerprint density at radius 2 is 1.82 bits per heavy atom.